The molecule has 0 aromatic heterocycles. The number of benzene rings is 2. The van der Waals surface area contributed by atoms with Gasteiger partial charge in [-0.3, -0.25) is 4.79 Å². The molecular formula is C22H23NO5. The Bertz CT molecular complexity index is 921. The van der Waals surface area contributed by atoms with Gasteiger partial charge in [0.25, 0.3) is 0 Å². The van der Waals surface area contributed by atoms with Crippen LogP contribution in [-0.4, -0.2) is 25.4 Å². The van der Waals surface area contributed by atoms with Gasteiger partial charge < -0.3 is 24.3 Å². The summed E-state index contributed by atoms with van der Waals surface area (Å²) >= 11 is 0. The second-order valence-electron chi connectivity index (χ2n) is 6.80. The van der Waals surface area contributed by atoms with Crippen molar-refractivity contribution in [2.45, 2.75) is 32.9 Å². The fourth-order valence-electron chi connectivity index (χ4n) is 3.33. The van der Waals surface area contributed by atoms with Crippen LogP contribution in [0.15, 0.2) is 36.4 Å². The number of carbonyl (C=O) groups is 1. The molecule has 2 aromatic rings. The third-order valence-corrected chi connectivity index (χ3v) is 4.65. The Morgan fingerprint density at radius 3 is 2.93 bits per heavy atom. The highest BCUT2D eigenvalue weighted by Crippen LogP contribution is 2.36. The summed E-state index contributed by atoms with van der Waals surface area (Å²) < 4.78 is 22.2. The van der Waals surface area contributed by atoms with Crippen LogP contribution in [0.4, 0.5) is 0 Å². The molecule has 2 heterocycles. The molecule has 4 rings (SSSR count). The van der Waals surface area contributed by atoms with E-state index in [1.165, 1.54) is 6.08 Å². The van der Waals surface area contributed by atoms with Gasteiger partial charge in [0.15, 0.2) is 11.5 Å². The summed E-state index contributed by atoms with van der Waals surface area (Å²) in [5, 5.41) is 2.88. The summed E-state index contributed by atoms with van der Waals surface area (Å²) in [6.07, 6.45) is 4.30. The standard InChI is InChI=1S/C22H23NO5/c1-3-25-19-11-17-8-14(2)28-20(17)10-16(19)5-7-22(24)23-12-15-4-6-18-21(9-15)27-13-26-18/h4-7,9-11,14H,3,8,12-13H2,1-2H3,(H,23,24)/b7-5+/t14-/m1/s1. The van der Waals surface area contributed by atoms with E-state index < -0.39 is 0 Å². The summed E-state index contributed by atoms with van der Waals surface area (Å²) in [5.41, 5.74) is 2.91. The molecular weight excluding hydrogens is 358 g/mol. The van der Waals surface area contributed by atoms with E-state index in [1.54, 1.807) is 6.08 Å². The molecule has 0 saturated heterocycles. The van der Waals surface area contributed by atoms with Crippen molar-refractivity contribution in [3.05, 3.63) is 53.1 Å². The lowest BCUT2D eigenvalue weighted by Gasteiger charge is -2.10. The molecule has 0 unspecified atom stereocenters. The second kappa shape index (κ2) is 7.84. The molecule has 0 saturated carbocycles. The van der Waals surface area contributed by atoms with Gasteiger partial charge in [-0.1, -0.05) is 6.07 Å². The highest BCUT2D eigenvalue weighted by atomic mass is 16.7. The van der Waals surface area contributed by atoms with E-state index in [1.807, 2.05) is 44.2 Å². The first-order valence-corrected chi connectivity index (χ1v) is 9.43. The predicted molar refractivity (Wildman–Crippen MR) is 105 cm³/mol. The lowest BCUT2D eigenvalue weighted by molar-refractivity contribution is -0.116. The molecule has 1 N–H and O–H groups in total. The van der Waals surface area contributed by atoms with E-state index in [-0.39, 0.29) is 18.8 Å². The molecule has 0 bridgehead atoms. The number of nitrogens with one attached hydrogen (secondary N) is 1. The van der Waals surface area contributed by atoms with Crippen molar-refractivity contribution in [3.8, 4) is 23.0 Å². The number of rotatable bonds is 6. The van der Waals surface area contributed by atoms with Crippen LogP contribution in [0.3, 0.4) is 0 Å². The maximum Gasteiger partial charge on any atom is 0.244 e. The number of fused-ring (bicyclic) bond motifs is 2. The molecule has 28 heavy (non-hydrogen) atoms. The monoisotopic (exact) mass is 381 g/mol. The molecule has 0 fully saturated rings. The van der Waals surface area contributed by atoms with E-state index in [9.17, 15) is 4.79 Å². The predicted octanol–water partition coefficient (Wildman–Crippen LogP) is 3.47. The largest absolute Gasteiger partial charge is 0.493 e. The Hall–Kier alpha value is -3.15. The average molecular weight is 381 g/mol. The molecule has 1 amide bonds. The van der Waals surface area contributed by atoms with Crippen LogP contribution in [0.5, 0.6) is 23.0 Å². The van der Waals surface area contributed by atoms with Crippen LogP contribution in [0.2, 0.25) is 0 Å². The number of hydrogen-bond acceptors (Lipinski definition) is 5. The van der Waals surface area contributed by atoms with Gasteiger partial charge in [-0.25, -0.2) is 0 Å². The zero-order valence-electron chi connectivity index (χ0n) is 16.0. The lowest BCUT2D eigenvalue weighted by Crippen LogP contribution is -2.20. The van der Waals surface area contributed by atoms with E-state index in [0.29, 0.717) is 18.9 Å². The molecule has 146 valence electrons. The molecule has 1 atom stereocenters. The Kier molecular flexibility index (Phi) is 5.10. The smallest absolute Gasteiger partial charge is 0.244 e. The summed E-state index contributed by atoms with van der Waals surface area (Å²) in [5.74, 6) is 2.87. The van der Waals surface area contributed by atoms with Crippen LogP contribution in [0.1, 0.15) is 30.5 Å². The second-order valence-corrected chi connectivity index (χ2v) is 6.80. The van der Waals surface area contributed by atoms with Gasteiger partial charge in [0, 0.05) is 30.2 Å². The van der Waals surface area contributed by atoms with E-state index in [0.717, 1.165) is 40.4 Å². The van der Waals surface area contributed by atoms with Crippen LogP contribution >= 0.6 is 0 Å². The Balaban J connectivity index is 1.42. The molecule has 6 heteroatoms. The maximum atomic E-state index is 12.3. The van der Waals surface area contributed by atoms with Crippen molar-refractivity contribution >= 4 is 12.0 Å². The van der Waals surface area contributed by atoms with Crippen molar-refractivity contribution < 1.29 is 23.7 Å². The quantitative estimate of drug-likeness (QED) is 0.776. The van der Waals surface area contributed by atoms with Gasteiger partial charge in [-0.2, -0.15) is 0 Å². The van der Waals surface area contributed by atoms with Crippen LogP contribution in [-0.2, 0) is 17.8 Å². The summed E-state index contributed by atoms with van der Waals surface area (Å²) in [7, 11) is 0. The molecule has 6 nitrogen and oxygen atoms in total. The minimum Gasteiger partial charge on any atom is -0.493 e. The summed E-state index contributed by atoms with van der Waals surface area (Å²) in [6, 6.07) is 9.57. The topological polar surface area (TPSA) is 66.0 Å². The van der Waals surface area contributed by atoms with Gasteiger partial charge >= 0.3 is 0 Å². The third-order valence-electron chi connectivity index (χ3n) is 4.65. The number of amides is 1. The minimum absolute atomic E-state index is 0.161. The number of ether oxygens (including phenoxy) is 4. The van der Waals surface area contributed by atoms with Crippen molar-refractivity contribution in [2.24, 2.45) is 0 Å². The SMILES string of the molecule is CCOc1cc2c(cc1/C=C/C(=O)NCc1ccc3c(c1)OCO3)O[C@H](C)C2. The number of hydrogen-bond donors (Lipinski definition) is 1. The van der Waals surface area contributed by atoms with Crippen LogP contribution in [0, 0.1) is 0 Å². The highest BCUT2D eigenvalue weighted by Gasteiger charge is 2.21. The van der Waals surface area contributed by atoms with Gasteiger partial charge in [-0.05, 0) is 49.8 Å². The molecule has 2 aliphatic rings. The average Bonchev–Trinajstić information content (AvgIpc) is 3.29. The summed E-state index contributed by atoms with van der Waals surface area (Å²) in [6.45, 7) is 5.19. The molecule has 0 radical (unpaired) electrons. The number of carbonyl (C=O) groups excluding carboxylic acids is 1. The minimum atomic E-state index is -0.185. The summed E-state index contributed by atoms with van der Waals surface area (Å²) in [4.78, 5) is 12.3. The van der Waals surface area contributed by atoms with Crippen LogP contribution in [0.25, 0.3) is 6.08 Å². The fraction of sp³-hybridized carbons (Fsp3) is 0.318. The van der Waals surface area contributed by atoms with Gasteiger partial charge in [0.2, 0.25) is 12.7 Å². The zero-order valence-corrected chi connectivity index (χ0v) is 16.0. The fourth-order valence-corrected chi connectivity index (χ4v) is 3.33. The van der Waals surface area contributed by atoms with Crippen molar-refractivity contribution in [1.29, 1.82) is 0 Å². The van der Waals surface area contributed by atoms with Gasteiger partial charge in [0.1, 0.15) is 17.6 Å². The van der Waals surface area contributed by atoms with Crippen molar-refractivity contribution in [1.82, 2.24) is 5.32 Å². The first kappa shape index (κ1) is 18.2. The maximum absolute atomic E-state index is 12.3. The lowest BCUT2D eigenvalue weighted by atomic mass is 10.1. The Labute approximate surface area is 164 Å². The Morgan fingerprint density at radius 1 is 1.21 bits per heavy atom. The van der Waals surface area contributed by atoms with Crippen molar-refractivity contribution in [2.75, 3.05) is 13.4 Å². The molecule has 0 spiro atoms. The zero-order chi connectivity index (χ0) is 19.5. The van der Waals surface area contributed by atoms with E-state index >= 15 is 0 Å². The molecule has 2 aliphatic heterocycles. The van der Waals surface area contributed by atoms with Gasteiger partial charge in [0.05, 0.1) is 6.61 Å². The molecule has 2 aromatic carbocycles. The highest BCUT2D eigenvalue weighted by molar-refractivity contribution is 5.92. The molecule has 0 aliphatic carbocycles. The van der Waals surface area contributed by atoms with Gasteiger partial charge in [-0.15, -0.1) is 0 Å². The third kappa shape index (κ3) is 3.91. The van der Waals surface area contributed by atoms with Crippen molar-refractivity contribution in [3.63, 3.8) is 0 Å². The normalized spacial score (nSPS) is 16.7. The van der Waals surface area contributed by atoms with Crippen LogP contribution < -0.4 is 24.3 Å². The van der Waals surface area contributed by atoms with E-state index in [4.69, 9.17) is 18.9 Å². The first-order chi connectivity index (χ1) is 13.6. The Morgan fingerprint density at radius 2 is 2.07 bits per heavy atom. The first-order valence-electron chi connectivity index (χ1n) is 9.43. The van der Waals surface area contributed by atoms with E-state index in [2.05, 4.69) is 5.32 Å².